The van der Waals surface area contributed by atoms with E-state index in [9.17, 15) is 9.90 Å². The molecule has 0 fully saturated rings. The maximum absolute atomic E-state index is 11.6. The lowest BCUT2D eigenvalue weighted by Crippen LogP contribution is -2.02. The molecule has 0 saturated carbocycles. The van der Waals surface area contributed by atoms with E-state index in [1.165, 1.54) is 5.56 Å². The molecule has 3 rings (SSSR count). The summed E-state index contributed by atoms with van der Waals surface area (Å²) < 4.78 is 11.4. The topological polar surface area (TPSA) is 71.6 Å². The van der Waals surface area contributed by atoms with Crippen molar-refractivity contribution in [3.63, 3.8) is 0 Å². The summed E-state index contributed by atoms with van der Waals surface area (Å²) in [5.74, 6) is 0.818. The number of rotatable bonds is 8. The van der Waals surface area contributed by atoms with Crippen LogP contribution in [0.3, 0.4) is 0 Å². The molecular weight excluding hydrogens is 354 g/mol. The largest absolute Gasteiger partial charge is 0.490 e. The van der Waals surface area contributed by atoms with Gasteiger partial charge >= 0.3 is 5.97 Å². The number of hydrogen-bond donors (Lipinski definition) is 2. The van der Waals surface area contributed by atoms with Crippen LogP contribution < -0.4 is 9.47 Å². The Morgan fingerprint density at radius 3 is 2.43 bits per heavy atom. The van der Waals surface area contributed by atoms with Crippen LogP contribution in [-0.2, 0) is 11.2 Å². The van der Waals surface area contributed by atoms with Gasteiger partial charge in [0.05, 0.1) is 25.3 Å². The van der Waals surface area contributed by atoms with Gasteiger partial charge in [-0.25, -0.2) is 0 Å². The van der Waals surface area contributed by atoms with Crippen molar-refractivity contribution in [2.45, 2.75) is 40.0 Å². The number of carboxylic acids is 1. The van der Waals surface area contributed by atoms with E-state index in [0.717, 1.165) is 27.7 Å². The summed E-state index contributed by atoms with van der Waals surface area (Å²) in [6.07, 6.45) is -0.0476. The van der Waals surface area contributed by atoms with Crippen LogP contribution in [0, 0.1) is 0 Å². The number of nitrogens with one attached hydrogen (secondary N) is 1. The maximum atomic E-state index is 11.6. The first kappa shape index (κ1) is 19.8. The smallest absolute Gasteiger partial charge is 0.307 e. The van der Waals surface area contributed by atoms with Crippen LogP contribution in [0.1, 0.15) is 44.7 Å². The fourth-order valence-electron chi connectivity index (χ4n) is 3.57. The molecule has 0 aliphatic rings. The Kier molecular flexibility index (Phi) is 5.93. The van der Waals surface area contributed by atoms with E-state index in [1.807, 2.05) is 44.2 Å². The average Bonchev–Trinajstić information content (AvgIpc) is 3.01. The predicted molar refractivity (Wildman–Crippen MR) is 112 cm³/mol. The monoisotopic (exact) mass is 381 g/mol. The van der Waals surface area contributed by atoms with Gasteiger partial charge in [0, 0.05) is 16.5 Å². The van der Waals surface area contributed by atoms with Gasteiger partial charge in [-0.15, -0.1) is 0 Å². The average molecular weight is 381 g/mol. The van der Waals surface area contributed by atoms with Gasteiger partial charge in [0.25, 0.3) is 0 Å². The van der Waals surface area contributed by atoms with Crippen LogP contribution in [-0.4, -0.2) is 29.3 Å². The molecule has 0 spiro atoms. The number of aliphatic carboxylic acids is 1. The van der Waals surface area contributed by atoms with Gasteiger partial charge in [0.1, 0.15) is 0 Å². The number of carboxylic acid groups (broad SMARTS) is 1. The number of carbonyl (C=O) groups is 1. The van der Waals surface area contributed by atoms with Crippen molar-refractivity contribution in [2.24, 2.45) is 0 Å². The van der Waals surface area contributed by atoms with Gasteiger partial charge in [-0.2, -0.15) is 0 Å². The fourth-order valence-corrected chi connectivity index (χ4v) is 3.57. The standard InChI is InChI=1S/C23H27NO4/c1-5-27-19-11-10-15(12-20(19)28-6-2)22-18(13-21(25)26)17-9-7-8-16(14(3)4)23(17)24-22/h7-12,14,24H,5-6,13H2,1-4H3,(H,25,26). The number of benzene rings is 2. The molecule has 0 saturated heterocycles. The predicted octanol–water partition coefficient (Wildman–Crippen LogP) is 5.38. The molecule has 0 atom stereocenters. The molecule has 28 heavy (non-hydrogen) atoms. The number of hydrogen-bond acceptors (Lipinski definition) is 3. The summed E-state index contributed by atoms with van der Waals surface area (Å²) in [7, 11) is 0. The van der Waals surface area contributed by atoms with Crippen LogP contribution >= 0.6 is 0 Å². The van der Waals surface area contributed by atoms with Crippen molar-refractivity contribution in [1.29, 1.82) is 0 Å². The Morgan fingerprint density at radius 2 is 1.79 bits per heavy atom. The van der Waals surface area contributed by atoms with E-state index < -0.39 is 5.97 Å². The number of fused-ring (bicyclic) bond motifs is 1. The minimum absolute atomic E-state index is 0.0476. The molecule has 0 aliphatic heterocycles. The van der Waals surface area contributed by atoms with Crippen molar-refractivity contribution >= 4 is 16.9 Å². The number of para-hydroxylation sites is 1. The van der Waals surface area contributed by atoms with Crippen molar-refractivity contribution in [3.8, 4) is 22.8 Å². The lowest BCUT2D eigenvalue weighted by Gasteiger charge is -2.12. The molecule has 5 nitrogen and oxygen atoms in total. The number of aromatic amines is 1. The third kappa shape index (κ3) is 3.84. The van der Waals surface area contributed by atoms with Crippen molar-refractivity contribution in [3.05, 3.63) is 47.5 Å². The second-order valence-corrected chi connectivity index (χ2v) is 7.00. The molecule has 0 radical (unpaired) electrons. The third-order valence-corrected chi connectivity index (χ3v) is 4.76. The lowest BCUT2D eigenvalue weighted by atomic mass is 9.97. The summed E-state index contributed by atoms with van der Waals surface area (Å²) in [6, 6.07) is 11.8. The van der Waals surface area contributed by atoms with E-state index in [1.54, 1.807) is 0 Å². The Balaban J connectivity index is 2.22. The first-order valence-electron chi connectivity index (χ1n) is 9.71. The highest BCUT2D eigenvalue weighted by Crippen LogP contribution is 2.38. The molecule has 3 aromatic rings. The van der Waals surface area contributed by atoms with Crippen molar-refractivity contribution in [2.75, 3.05) is 13.2 Å². The van der Waals surface area contributed by atoms with Crippen molar-refractivity contribution in [1.82, 2.24) is 4.98 Å². The van der Waals surface area contributed by atoms with E-state index in [0.29, 0.717) is 30.6 Å². The van der Waals surface area contributed by atoms with Gasteiger partial charge in [0.2, 0.25) is 0 Å². The summed E-state index contributed by atoms with van der Waals surface area (Å²) in [5, 5.41) is 10.4. The van der Waals surface area contributed by atoms with Crippen molar-refractivity contribution < 1.29 is 19.4 Å². The van der Waals surface area contributed by atoms with Crippen LogP contribution in [0.4, 0.5) is 0 Å². The Labute approximate surface area is 165 Å². The van der Waals surface area contributed by atoms with Crippen LogP contribution in [0.15, 0.2) is 36.4 Å². The number of H-pyrrole nitrogens is 1. The minimum Gasteiger partial charge on any atom is -0.490 e. The van der Waals surface area contributed by atoms with E-state index in [2.05, 4.69) is 24.9 Å². The molecule has 1 heterocycles. The zero-order valence-corrected chi connectivity index (χ0v) is 16.8. The second-order valence-electron chi connectivity index (χ2n) is 7.00. The highest BCUT2D eigenvalue weighted by Gasteiger charge is 2.19. The van der Waals surface area contributed by atoms with E-state index in [-0.39, 0.29) is 6.42 Å². The zero-order chi connectivity index (χ0) is 20.3. The Bertz CT molecular complexity index is 988. The Morgan fingerprint density at radius 1 is 1.07 bits per heavy atom. The number of aromatic nitrogens is 1. The molecule has 1 aromatic heterocycles. The van der Waals surface area contributed by atoms with Gasteiger partial charge < -0.3 is 19.6 Å². The van der Waals surface area contributed by atoms with Crippen LogP contribution in [0.25, 0.3) is 22.2 Å². The zero-order valence-electron chi connectivity index (χ0n) is 16.8. The SMILES string of the molecule is CCOc1ccc(-c2[nH]c3c(C(C)C)cccc3c2CC(=O)O)cc1OCC. The molecule has 0 unspecified atom stereocenters. The highest BCUT2D eigenvalue weighted by atomic mass is 16.5. The van der Waals surface area contributed by atoms with Crippen LogP contribution in [0.5, 0.6) is 11.5 Å². The normalized spacial score (nSPS) is 11.2. The van der Waals surface area contributed by atoms with Crippen LogP contribution in [0.2, 0.25) is 0 Å². The minimum atomic E-state index is -0.854. The third-order valence-electron chi connectivity index (χ3n) is 4.76. The van der Waals surface area contributed by atoms with Gasteiger partial charge in [-0.1, -0.05) is 32.0 Å². The van der Waals surface area contributed by atoms with Gasteiger partial charge in [-0.05, 0) is 49.1 Å². The molecule has 0 amide bonds. The van der Waals surface area contributed by atoms with E-state index in [4.69, 9.17) is 9.47 Å². The Hall–Kier alpha value is -2.95. The summed E-state index contributed by atoms with van der Waals surface area (Å²) in [6.45, 7) is 9.20. The molecule has 2 aromatic carbocycles. The summed E-state index contributed by atoms with van der Waals surface area (Å²) in [5.41, 5.74) is 4.65. The summed E-state index contributed by atoms with van der Waals surface area (Å²) >= 11 is 0. The summed E-state index contributed by atoms with van der Waals surface area (Å²) in [4.78, 5) is 15.1. The molecule has 148 valence electrons. The first-order chi connectivity index (χ1) is 13.5. The molecular formula is C23H27NO4. The van der Waals surface area contributed by atoms with E-state index >= 15 is 0 Å². The highest BCUT2D eigenvalue weighted by molar-refractivity contribution is 5.96. The number of ether oxygens (including phenoxy) is 2. The first-order valence-corrected chi connectivity index (χ1v) is 9.71. The van der Waals surface area contributed by atoms with Gasteiger partial charge in [-0.3, -0.25) is 4.79 Å². The molecule has 0 aliphatic carbocycles. The molecule has 5 heteroatoms. The molecule has 2 N–H and O–H groups in total. The second kappa shape index (κ2) is 8.38. The fraction of sp³-hybridized carbons (Fsp3) is 0.348. The quantitative estimate of drug-likeness (QED) is 0.549. The van der Waals surface area contributed by atoms with Gasteiger partial charge in [0.15, 0.2) is 11.5 Å². The molecule has 0 bridgehead atoms. The maximum Gasteiger partial charge on any atom is 0.307 e. The lowest BCUT2D eigenvalue weighted by molar-refractivity contribution is -0.136.